The van der Waals surface area contributed by atoms with Gasteiger partial charge in [-0.1, -0.05) is 0 Å². The van der Waals surface area contributed by atoms with Crippen LogP contribution in [0.4, 0.5) is 11.4 Å². The minimum Gasteiger partial charge on any atom is -0.385 e. The smallest absolute Gasteiger partial charge is 0.289 e. The SMILES string of the molecule is CCNc1ccc([N+](=O)[O-])c(S(=O)(=O)NCCOC)c1. The Morgan fingerprint density at radius 3 is 2.65 bits per heavy atom. The second-order valence-corrected chi connectivity index (χ2v) is 5.60. The van der Waals surface area contributed by atoms with E-state index in [1.165, 1.54) is 25.3 Å². The molecule has 0 saturated heterocycles. The van der Waals surface area contributed by atoms with Crippen LogP contribution in [0.1, 0.15) is 6.92 Å². The van der Waals surface area contributed by atoms with E-state index in [-0.39, 0.29) is 18.0 Å². The molecule has 0 unspecified atom stereocenters. The lowest BCUT2D eigenvalue weighted by Gasteiger charge is -2.09. The van der Waals surface area contributed by atoms with E-state index in [4.69, 9.17) is 4.74 Å². The summed E-state index contributed by atoms with van der Waals surface area (Å²) in [5.41, 5.74) is 0.0433. The number of rotatable bonds is 8. The van der Waals surface area contributed by atoms with Crippen LogP contribution in [0.15, 0.2) is 23.1 Å². The normalized spacial score (nSPS) is 11.3. The van der Waals surface area contributed by atoms with E-state index in [1.54, 1.807) is 0 Å². The Bertz CT molecular complexity index is 573. The predicted molar refractivity (Wildman–Crippen MR) is 74.3 cm³/mol. The van der Waals surface area contributed by atoms with Gasteiger partial charge < -0.3 is 10.1 Å². The number of hydrogen-bond acceptors (Lipinski definition) is 6. The third-order valence-electron chi connectivity index (χ3n) is 2.43. The van der Waals surface area contributed by atoms with Crippen molar-refractivity contribution in [3.8, 4) is 0 Å². The standard InChI is InChI=1S/C11H17N3O5S/c1-3-12-9-4-5-10(14(15)16)11(8-9)20(17,18)13-6-7-19-2/h4-5,8,12-13H,3,6-7H2,1-2H3. The van der Waals surface area contributed by atoms with Gasteiger partial charge in [-0.05, 0) is 19.1 Å². The van der Waals surface area contributed by atoms with Crippen molar-refractivity contribution in [2.24, 2.45) is 0 Å². The van der Waals surface area contributed by atoms with Crippen LogP contribution in [-0.4, -0.2) is 40.1 Å². The fourth-order valence-corrected chi connectivity index (χ4v) is 2.76. The summed E-state index contributed by atoms with van der Waals surface area (Å²) >= 11 is 0. The minimum absolute atomic E-state index is 0.0431. The molecule has 0 saturated carbocycles. The van der Waals surface area contributed by atoms with Crippen molar-refractivity contribution in [2.45, 2.75) is 11.8 Å². The van der Waals surface area contributed by atoms with Gasteiger partial charge in [0.15, 0.2) is 4.90 Å². The molecule has 0 aliphatic heterocycles. The van der Waals surface area contributed by atoms with Crippen molar-refractivity contribution < 1.29 is 18.1 Å². The molecule has 9 heteroatoms. The van der Waals surface area contributed by atoms with Crippen LogP contribution in [0.2, 0.25) is 0 Å². The number of hydrogen-bond donors (Lipinski definition) is 2. The molecule has 0 radical (unpaired) electrons. The molecule has 1 aromatic carbocycles. The zero-order valence-electron chi connectivity index (χ0n) is 11.3. The number of nitro groups is 1. The molecule has 0 heterocycles. The number of sulfonamides is 1. The van der Waals surface area contributed by atoms with Gasteiger partial charge in [-0.25, -0.2) is 13.1 Å². The number of ether oxygens (including phenoxy) is 1. The van der Waals surface area contributed by atoms with Gasteiger partial charge in [0.25, 0.3) is 5.69 Å². The molecule has 1 rings (SSSR count). The highest BCUT2D eigenvalue weighted by Crippen LogP contribution is 2.26. The minimum atomic E-state index is -3.96. The molecule has 0 amide bonds. The van der Waals surface area contributed by atoms with Gasteiger partial charge in [0, 0.05) is 32.0 Å². The van der Waals surface area contributed by atoms with E-state index in [2.05, 4.69) is 10.0 Å². The van der Waals surface area contributed by atoms with Crippen LogP contribution >= 0.6 is 0 Å². The third kappa shape index (κ3) is 4.15. The quantitative estimate of drug-likeness (QED) is 0.420. The number of nitrogens with zero attached hydrogens (tertiary/aromatic N) is 1. The van der Waals surface area contributed by atoms with Crippen molar-refractivity contribution in [3.05, 3.63) is 28.3 Å². The first kappa shape index (κ1) is 16.3. The van der Waals surface area contributed by atoms with Crippen molar-refractivity contribution in [1.29, 1.82) is 0 Å². The topological polar surface area (TPSA) is 111 Å². The van der Waals surface area contributed by atoms with Crippen LogP contribution in [0, 0.1) is 10.1 Å². The highest BCUT2D eigenvalue weighted by Gasteiger charge is 2.25. The van der Waals surface area contributed by atoms with Crippen LogP contribution in [0.25, 0.3) is 0 Å². The maximum absolute atomic E-state index is 12.1. The van der Waals surface area contributed by atoms with Gasteiger partial charge in [-0.3, -0.25) is 10.1 Å². The summed E-state index contributed by atoms with van der Waals surface area (Å²) in [6.07, 6.45) is 0. The van der Waals surface area contributed by atoms with Gasteiger partial charge in [0.1, 0.15) is 0 Å². The monoisotopic (exact) mass is 303 g/mol. The molecule has 112 valence electrons. The van der Waals surface area contributed by atoms with Gasteiger partial charge in [-0.2, -0.15) is 0 Å². The summed E-state index contributed by atoms with van der Waals surface area (Å²) in [5, 5.41) is 13.8. The van der Waals surface area contributed by atoms with E-state index in [1.807, 2.05) is 6.92 Å². The maximum atomic E-state index is 12.1. The first-order valence-electron chi connectivity index (χ1n) is 5.93. The van der Waals surface area contributed by atoms with E-state index < -0.39 is 20.6 Å². The third-order valence-corrected chi connectivity index (χ3v) is 3.92. The molecule has 0 aliphatic rings. The predicted octanol–water partition coefficient (Wildman–Crippen LogP) is 0.951. The van der Waals surface area contributed by atoms with Gasteiger partial charge >= 0.3 is 0 Å². The van der Waals surface area contributed by atoms with E-state index >= 15 is 0 Å². The number of methoxy groups -OCH3 is 1. The molecule has 0 fully saturated rings. The molecule has 0 aliphatic carbocycles. The Balaban J connectivity index is 3.17. The number of nitrogens with one attached hydrogen (secondary N) is 2. The molecule has 20 heavy (non-hydrogen) atoms. The molecular formula is C11H17N3O5S. The molecule has 0 atom stereocenters. The molecule has 1 aromatic rings. The van der Waals surface area contributed by atoms with Crippen LogP contribution in [-0.2, 0) is 14.8 Å². The van der Waals surface area contributed by atoms with Crippen LogP contribution in [0.3, 0.4) is 0 Å². The Morgan fingerprint density at radius 1 is 1.40 bits per heavy atom. The lowest BCUT2D eigenvalue weighted by Crippen LogP contribution is -2.27. The van der Waals surface area contributed by atoms with Crippen molar-refractivity contribution in [2.75, 3.05) is 32.1 Å². The lowest BCUT2D eigenvalue weighted by molar-refractivity contribution is -0.387. The average molecular weight is 303 g/mol. The highest BCUT2D eigenvalue weighted by atomic mass is 32.2. The Hall–Kier alpha value is -1.71. The summed E-state index contributed by atoms with van der Waals surface area (Å²) in [4.78, 5) is 9.85. The van der Waals surface area contributed by atoms with Crippen molar-refractivity contribution in [3.63, 3.8) is 0 Å². The fraction of sp³-hybridized carbons (Fsp3) is 0.455. The van der Waals surface area contributed by atoms with E-state index in [0.717, 1.165) is 0 Å². The van der Waals surface area contributed by atoms with Gasteiger partial charge in [0.05, 0.1) is 11.5 Å². The first-order chi connectivity index (χ1) is 9.42. The maximum Gasteiger partial charge on any atom is 0.289 e. The van der Waals surface area contributed by atoms with E-state index in [9.17, 15) is 18.5 Å². The fourth-order valence-electron chi connectivity index (χ4n) is 1.55. The second kappa shape index (κ2) is 7.17. The summed E-state index contributed by atoms with van der Waals surface area (Å²) in [7, 11) is -2.53. The number of benzene rings is 1. The summed E-state index contributed by atoms with van der Waals surface area (Å²) in [6, 6.07) is 3.88. The van der Waals surface area contributed by atoms with Gasteiger partial charge in [0.2, 0.25) is 10.0 Å². The molecule has 0 spiro atoms. The average Bonchev–Trinajstić information content (AvgIpc) is 2.39. The zero-order chi connectivity index (χ0) is 15.2. The number of anilines is 1. The summed E-state index contributed by atoms with van der Waals surface area (Å²) in [5.74, 6) is 0. The van der Waals surface area contributed by atoms with Crippen LogP contribution in [0.5, 0.6) is 0 Å². The van der Waals surface area contributed by atoms with E-state index in [0.29, 0.717) is 12.2 Å². The zero-order valence-corrected chi connectivity index (χ0v) is 12.1. The molecular weight excluding hydrogens is 286 g/mol. The van der Waals surface area contributed by atoms with Crippen LogP contribution < -0.4 is 10.0 Å². The Kier molecular flexibility index (Phi) is 5.86. The van der Waals surface area contributed by atoms with Crippen molar-refractivity contribution >= 4 is 21.4 Å². The molecule has 8 nitrogen and oxygen atoms in total. The lowest BCUT2D eigenvalue weighted by atomic mass is 10.3. The second-order valence-electron chi connectivity index (χ2n) is 3.86. The Morgan fingerprint density at radius 2 is 2.10 bits per heavy atom. The number of nitro benzene ring substituents is 1. The molecule has 0 bridgehead atoms. The first-order valence-corrected chi connectivity index (χ1v) is 7.41. The summed E-state index contributed by atoms with van der Waals surface area (Å²) in [6.45, 7) is 2.64. The Labute approximate surface area is 117 Å². The highest BCUT2D eigenvalue weighted by molar-refractivity contribution is 7.89. The van der Waals surface area contributed by atoms with Gasteiger partial charge in [-0.15, -0.1) is 0 Å². The van der Waals surface area contributed by atoms with Crippen molar-refractivity contribution in [1.82, 2.24) is 4.72 Å². The summed E-state index contributed by atoms with van der Waals surface area (Å²) < 4.78 is 31.2. The largest absolute Gasteiger partial charge is 0.385 e. The molecule has 2 N–H and O–H groups in total. The molecule has 0 aromatic heterocycles.